The van der Waals surface area contributed by atoms with Gasteiger partial charge in [0, 0.05) is 63.8 Å². The van der Waals surface area contributed by atoms with Gasteiger partial charge in [-0.25, -0.2) is 0 Å². The van der Waals surface area contributed by atoms with E-state index in [4.69, 9.17) is 0 Å². The predicted molar refractivity (Wildman–Crippen MR) is 107 cm³/mol. The van der Waals surface area contributed by atoms with Crippen molar-refractivity contribution in [3.63, 3.8) is 0 Å². The number of carbonyl (C=O) groups excluding carboxylic acids is 1. The highest BCUT2D eigenvalue weighted by Crippen LogP contribution is 2.18. The van der Waals surface area contributed by atoms with Crippen molar-refractivity contribution in [2.75, 3.05) is 39.3 Å². The van der Waals surface area contributed by atoms with Gasteiger partial charge in [0.25, 0.3) is 5.91 Å². The van der Waals surface area contributed by atoms with E-state index in [9.17, 15) is 4.79 Å². The number of carbonyl (C=O) groups is 1. The minimum Gasteiger partial charge on any atom is -0.335 e. The zero-order valence-electron chi connectivity index (χ0n) is 17.2. The van der Waals surface area contributed by atoms with Gasteiger partial charge >= 0.3 is 0 Å². The van der Waals surface area contributed by atoms with Gasteiger partial charge in [-0.15, -0.1) is 0 Å². The molecule has 1 unspecified atom stereocenters. The second-order valence-corrected chi connectivity index (χ2v) is 8.02. The number of hydrogen-bond donors (Lipinski definition) is 1. The first-order chi connectivity index (χ1) is 13.5. The summed E-state index contributed by atoms with van der Waals surface area (Å²) in [5.74, 6) is 0.0518. The SMILES string of the molecule is Cc1nn(C)c(C)c1CN1CCN(C(=O)c2ccn(C3CCCNC3)n2)CC1. The Morgan fingerprint density at radius 2 is 2.00 bits per heavy atom. The Morgan fingerprint density at radius 1 is 1.21 bits per heavy atom. The van der Waals surface area contributed by atoms with E-state index in [1.807, 2.05) is 33.6 Å². The fourth-order valence-corrected chi connectivity index (χ4v) is 4.26. The van der Waals surface area contributed by atoms with Crippen LogP contribution in [0.4, 0.5) is 0 Å². The molecule has 28 heavy (non-hydrogen) atoms. The Balaban J connectivity index is 1.33. The van der Waals surface area contributed by atoms with Crippen molar-refractivity contribution in [2.45, 2.75) is 39.3 Å². The Kier molecular flexibility index (Phi) is 5.50. The van der Waals surface area contributed by atoms with Crippen LogP contribution >= 0.6 is 0 Å². The molecule has 4 heterocycles. The summed E-state index contributed by atoms with van der Waals surface area (Å²) in [6.07, 6.45) is 4.23. The van der Waals surface area contributed by atoms with Gasteiger partial charge in [-0.3, -0.25) is 19.1 Å². The molecule has 0 aliphatic carbocycles. The lowest BCUT2D eigenvalue weighted by Crippen LogP contribution is -2.48. The molecule has 8 nitrogen and oxygen atoms in total. The maximum atomic E-state index is 12.9. The number of rotatable bonds is 4. The third-order valence-corrected chi connectivity index (χ3v) is 6.17. The number of nitrogens with one attached hydrogen (secondary N) is 1. The Labute approximate surface area is 166 Å². The van der Waals surface area contributed by atoms with Gasteiger partial charge in [0.2, 0.25) is 0 Å². The molecular formula is C20H31N7O. The van der Waals surface area contributed by atoms with Crippen molar-refractivity contribution < 1.29 is 4.79 Å². The summed E-state index contributed by atoms with van der Waals surface area (Å²) in [4.78, 5) is 17.2. The zero-order valence-corrected chi connectivity index (χ0v) is 17.2. The molecule has 2 saturated heterocycles. The lowest BCUT2D eigenvalue weighted by Gasteiger charge is -2.34. The first-order valence-electron chi connectivity index (χ1n) is 10.3. The van der Waals surface area contributed by atoms with Crippen molar-refractivity contribution in [3.8, 4) is 0 Å². The van der Waals surface area contributed by atoms with Crippen LogP contribution in [0.1, 0.15) is 46.3 Å². The first kappa shape index (κ1) is 19.1. The van der Waals surface area contributed by atoms with Crippen molar-refractivity contribution in [3.05, 3.63) is 34.9 Å². The smallest absolute Gasteiger partial charge is 0.274 e. The van der Waals surface area contributed by atoms with E-state index in [2.05, 4.69) is 34.3 Å². The van der Waals surface area contributed by atoms with E-state index >= 15 is 0 Å². The van der Waals surface area contributed by atoms with E-state index in [1.165, 1.54) is 11.3 Å². The van der Waals surface area contributed by atoms with Crippen LogP contribution in [0.3, 0.4) is 0 Å². The monoisotopic (exact) mass is 385 g/mol. The number of piperidine rings is 1. The molecule has 2 fully saturated rings. The molecule has 0 aromatic carbocycles. The number of aromatic nitrogens is 4. The molecule has 0 bridgehead atoms. The largest absolute Gasteiger partial charge is 0.335 e. The third-order valence-electron chi connectivity index (χ3n) is 6.17. The van der Waals surface area contributed by atoms with Crippen LogP contribution in [-0.4, -0.2) is 74.5 Å². The topological polar surface area (TPSA) is 71.2 Å². The molecule has 0 saturated carbocycles. The van der Waals surface area contributed by atoms with Crippen molar-refractivity contribution in [2.24, 2.45) is 7.05 Å². The molecule has 4 rings (SSSR count). The first-order valence-corrected chi connectivity index (χ1v) is 10.3. The number of amides is 1. The maximum Gasteiger partial charge on any atom is 0.274 e. The normalized spacial score (nSPS) is 21.2. The lowest BCUT2D eigenvalue weighted by atomic mass is 10.1. The van der Waals surface area contributed by atoms with Crippen LogP contribution in [0.5, 0.6) is 0 Å². The van der Waals surface area contributed by atoms with Gasteiger partial charge in [0.15, 0.2) is 0 Å². The van der Waals surface area contributed by atoms with Crippen LogP contribution in [0.15, 0.2) is 12.3 Å². The number of hydrogen-bond acceptors (Lipinski definition) is 5. The number of aryl methyl sites for hydroxylation is 2. The second-order valence-electron chi connectivity index (χ2n) is 8.02. The van der Waals surface area contributed by atoms with Crippen molar-refractivity contribution in [1.29, 1.82) is 0 Å². The standard InChI is InChI=1S/C20H31N7O/c1-15-18(16(2)24(3)22-15)14-25-9-11-26(12-10-25)20(28)19-6-8-27(23-19)17-5-4-7-21-13-17/h6,8,17,21H,4-5,7,9-14H2,1-3H3. The van der Waals surface area contributed by atoms with E-state index < -0.39 is 0 Å². The second kappa shape index (κ2) is 8.05. The molecule has 2 aromatic rings. The fourth-order valence-electron chi connectivity index (χ4n) is 4.26. The molecule has 1 N–H and O–H groups in total. The highest BCUT2D eigenvalue weighted by atomic mass is 16.2. The van der Waals surface area contributed by atoms with Gasteiger partial charge in [0.1, 0.15) is 5.69 Å². The van der Waals surface area contributed by atoms with Gasteiger partial charge in [-0.05, 0) is 39.3 Å². The Hall–Kier alpha value is -2.19. The summed E-state index contributed by atoms with van der Waals surface area (Å²) in [5, 5.41) is 12.5. The number of piperazine rings is 1. The highest BCUT2D eigenvalue weighted by molar-refractivity contribution is 5.92. The quantitative estimate of drug-likeness (QED) is 0.854. The fraction of sp³-hybridized carbons (Fsp3) is 0.650. The molecule has 1 amide bonds. The molecule has 8 heteroatoms. The van der Waals surface area contributed by atoms with Crippen molar-refractivity contribution in [1.82, 2.24) is 34.7 Å². The Morgan fingerprint density at radius 3 is 2.64 bits per heavy atom. The van der Waals surface area contributed by atoms with Gasteiger partial charge in [-0.2, -0.15) is 10.2 Å². The molecule has 2 aliphatic heterocycles. The molecule has 0 radical (unpaired) electrons. The maximum absolute atomic E-state index is 12.9. The summed E-state index contributed by atoms with van der Waals surface area (Å²) < 4.78 is 3.91. The molecule has 1 atom stereocenters. The van der Waals surface area contributed by atoms with Crippen LogP contribution in [0, 0.1) is 13.8 Å². The summed E-state index contributed by atoms with van der Waals surface area (Å²) in [7, 11) is 1.99. The van der Waals surface area contributed by atoms with Crippen LogP contribution in [-0.2, 0) is 13.6 Å². The minimum atomic E-state index is 0.0518. The minimum absolute atomic E-state index is 0.0518. The Bertz CT molecular complexity index is 826. The summed E-state index contributed by atoms with van der Waals surface area (Å²) in [5.41, 5.74) is 4.19. The van der Waals surface area contributed by atoms with E-state index in [0.717, 1.165) is 64.3 Å². The van der Waals surface area contributed by atoms with E-state index in [1.54, 1.807) is 0 Å². The highest BCUT2D eigenvalue weighted by Gasteiger charge is 2.25. The zero-order chi connectivity index (χ0) is 19.7. The summed E-state index contributed by atoms with van der Waals surface area (Å²) in [6.45, 7) is 10.3. The predicted octanol–water partition coefficient (Wildman–Crippen LogP) is 1.12. The lowest BCUT2D eigenvalue weighted by molar-refractivity contribution is 0.0620. The van der Waals surface area contributed by atoms with Crippen molar-refractivity contribution >= 4 is 5.91 Å². The van der Waals surface area contributed by atoms with Crippen LogP contribution < -0.4 is 5.32 Å². The summed E-state index contributed by atoms with van der Waals surface area (Å²) in [6, 6.07) is 2.23. The van der Waals surface area contributed by atoms with Gasteiger partial charge < -0.3 is 10.2 Å². The van der Waals surface area contributed by atoms with E-state index in [-0.39, 0.29) is 5.91 Å². The van der Waals surface area contributed by atoms with Gasteiger partial charge in [0.05, 0.1) is 11.7 Å². The molecule has 0 spiro atoms. The van der Waals surface area contributed by atoms with Crippen LogP contribution in [0.2, 0.25) is 0 Å². The van der Waals surface area contributed by atoms with E-state index in [0.29, 0.717) is 11.7 Å². The molecule has 2 aromatic heterocycles. The van der Waals surface area contributed by atoms with Crippen LogP contribution in [0.25, 0.3) is 0 Å². The number of nitrogens with zero attached hydrogens (tertiary/aromatic N) is 6. The molecular weight excluding hydrogens is 354 g/mol. The average Bonchev–Trinajstić information content (AvgIpc) is 3.30. The van der Waals surface area contributed by atoms with Gasteiger partial charge in [-0.1, -0.05) is 0 Å². The summed E-state index contributed by atoms with van der Waals surface area (Å²) >= 11 is 0. The third kappa shape index (κ3) is 3.84. The molecule has 2 aliphatic rings. The molecule has 152 valence electrons. The average molecular weight is 386 g/mol.